The zero-order valence-electron chi connectivity index (χ0n) is 11.9. The molecule has 0 aromatic heterocycles. The third-order valence-corrected chi connectivity index (χ3v) is 5.57. The minimum atomic E-state index is 0.290. The Kier molecular flexibility index (Phi) is 4.87. The van der Waals surface area contributed by atoms with Crippen LogP contribution in [0.4, 0.5) is 0 Å². The van der Waals surface area contributed by atoms with Crippen LogP contribution in [-0.2, 0) is 11.2 Å². The highest BCUT2D eigenvalue weighted by Crippen LogP contribution is 2.29. The molecule has 2 atom stereocenters. The van der Waals surface area contributed by atoms with E-state index in [1.54, 1.807) is 0 Å². The number of benzene rings is 1. The molecule has 0 spiro atoms. The summed E-state index contributed by atoms with van der Waals surface area (Å²) in [7, 11) is 0. The highest BCUT2D eigenvalue weighted by atomic mass is 79.9. The van der Waals surface area contributed by atoms with Crippen LogP contribution in [-0.4, -0.2) is 36.0 Å². The van der Waals surface area contributed by atoms with Crippen molar-refractivity contribution in [1.29, 1.82) is 0 Å². The largest absolute Gasteiger partial charge is 0.335 e. The Labute approximate surface area is 139 Å². The lowest BCUT2D eigenvalue weighted by Crippen LogP contribution is -2.42. The van der Waals surface area contributed by atoms with Crippen LogP contribution in [0.3, 0.4) is 0 Å². The number of carbonyl (C=O) groups is 1. The quantitative estimate of drug-likeness (QED) is 0.883. The van der Waals surface area contributed by atoms with E-state index in [-0.39, 0.29) is 5.91 Å². The van der Waals surface area contributed by atoms with Gasteiger partial charge in [-0.15, -0.1) is 0 Å². The van der Waals surface area contributed by atoms with Crippen LogP contribution < -0.4 is 5.32 Å². The molecule has 0 aliphatic carbocycles. The molecule has 2 aliphatic rings. The molecule has 3 nitrogen and oxygen atoms in total. The van der Waals surface area contributed by atoms with Crippen LogP contribution in [0.2, 0.25) is 5.02 Å². The van der Waals surface area contributed by atoms with E-state index in [4.69, 9.17) is 11.6 Å². The Morgan fingerprint density at radius 2 is 2.14 bits per heavy atom. The van der Waals surface area contributed by atoms with E-state index >= 15 is 0 Å². The van der Waals surface area contributed by atoms with Crippen molar-refractivity contribution in [3.63, 3.8) is 0 Å². The van der Waals surface area contributed by atoms with Gasteiger partial charge in [-0.2, -0.15) is 0 Å². The first kappa shape index (κ1) is 15.3. The molecule has 2 unspecified atom stereocenters. The topological polar surface area (TPSA) is 32.3 Å². The summed E-state index contributed by atoms with van der Waals surface area (Å²) in [5.74, 6) is 0.290. The molecule has 1 N–H and O–H groups in total. The van der Waals surface area contributed by atoms with E-state index in [1.165, 1.54) is 6.42 Å². The second kappa shape index (κ2) is 6.67. The fourth-order valence-electron chi connectivity index (χ4n) is 3.50. The number of nitrogens with one attached hydrogen (secondary N) is 1. The molecule has 3 rings (SSSR count). The van der Waals surface area contributed by atoms with Gasteiger partial charge in [0.15, 0.2) is 0 Å². The highest BCUT2D eigenvalue weighted by molar-refractivity contribution is 9.10. The van der Waals surface area contributed by atoms with Gasteiger partial charge in [0.2, 0.25) is 5.91 Å². The Bertz CT molecular complexity index is 523. The number of hydrogen-bond donors (Lipinski definition) is 1. The van der Waals surface area contributed by atoms with E-state index in [2.05, 4.69) is 26.1 Å². The summed E-state index contributed by atoms with van der Waals surface area (Å²) in [5.41, 5.74) is 1.11. The summed E-state index contributed by atoms with van der Waals surface area (Å²) in [4.78, 5) is 14.8. The summed E-state index contributed by atoms with van der Waals surface area (Å²) in [5, 5.41) is 4.16. The second-order valence-electron chi connectivity index (χ2n) is 5.91. The second-order valence-corrected chi connectivity index (χ2v) is 7.21. The van der Waals surface area contributed by atoms with Crippen molar-refractivity contribution >= 4 is 33.4 Å². The van der Waals surface area contributed by atoms with Gasteiger partial charge in [-0.3, -0.25) is 4.79 Å². The van der Waals surface area contributed by atoms with E-state index < -0.39 is 0 Å². The molecular formula is C16H20BrClN2O. The van der Waals surface area contributed by atoms with Gasteiger partial charge in [0.1, 0.15) is 0 Å². The molecule has 2 fully saturated rings. The molecule has 0 saturated carbocycles. The molecule has 1 amide bonds. The molecular weight excluding hydrogens is 352 g/mol. The van der Waals surface area contributed by atoms with Crippen LogP contribution >= 0.6 is 27.5 Å². The maximum atomic E-state index is 12.6. The van der Waals surface area contributed by atoms with Gasteiger partial charge < -0.3 is 10.2 Å². The monoisotopic (exact) mass is 370 g/mol. The lowest BCUT2D eigenvalue weighted by atomic mass is 10.1. The van der Waals surface area contributed by atoms with Gasteiger partial charge >= 0.3 is 0 Å². The molecule has 21 heavy (non-hydrogen) atoms. The first-order valence-corrected chi connectivity index (χ1v) is 8.78. The van der Waals surface area contributed by atoms with E-state index in [9.17, 15) is 4.79 Å². The standard InChI is InChI=1S/C16H20BrClN2O/c17-15-5-2-12(18)9-11(15)1-6-16(21)20-13-3-4-14(20)10-19-8-7-13/h2,5,9,13-14,19H,1,3-4,6-8,10H2. The molecule has 0 radical (unpaired) electrons. The van der Waals surface area contributed by atoms with Crippen LogP contribution in [0.15, 0.2) is 22.7 Å². The fourth-order valence-corrected chi connectivity index (χ4v) is 4.13. The van der Waals surface area contributed by atoms with Crippen LogP contribution in [0.1, 0.15) is 31.2 Å². The zero-order valence-corrected chi connectivity index (χ0v) is 14.3. The first-order valence-electron chi connectivity index (χ1n) is 7.61. The average molecular weight is 372 g/mol. The Balaban J connectivity index is 1.65. The number of amides is 1. The summed E-state index contributed by atoms with van der Waals surface area (Å²) >= 11 is 9.57. The number of carbonyl (C=O) groups excluding carboxylic acids is 1. The minimum absolute atomic E-state index is 0.290. The average Bonchev–Trinajstić information content (AvgIpc) is 2.73. The smallest absolute Gasteiger partial charge is 0.223 e. The van der Waals surface area contributed by atoms with E-state index in [1.807, 2.05) is 18.2 Å². The van der Waals surface area contributed by atoms with Crippen molar-refractivity contribution in [2.75, 3.05) is 13.1 Å². The summed E-state index contributed by atoms with van der Waals surface area (Å²) in [6.45, 7) is 1.98. The van der Waals surface area contributed by atoms with Crippen molar-refractivity contribution < 1.29 is 4.79 Å². The number of nitrogens with zero attached hydrogens (tertiary/aromatic N) is 1. The van der Waals surface area contributed by atoms with Crippen molar-refractivity contribution in [2.45, 2.75) is 44.2 Å². The van der Waals surface area contributed by atoms with Crippen molar-refractivity contribution in [3.05, 3.63) is 33.3 Å². The van der Waals surface area contributed by atoms with Crippen molar-refractivity contribution in [1.82, 2.24) is 10.2 Å². The number of halogens is 2. The molecule has 2 bridgehead atoms. The van der Waals surface area contributed by atoms with Gasteiger partial charge in [0, 0.05) is 34.5 Å². The highest BCUT2D eigenvalue weighted by Gasteiger charge is 2.37. The maximum absolute atomic E-state index is 12.6. The number of aryl methyl sites for hydroxylation is 1. The van der Waals surface area contributed by atoms with Crippen LogP contribution in [0, 0.1) is 0 Å². The summed E-state index contributed by atoms with van der Waals surface area (Å²) in [6, 6.07) is 6.59. The van der Waals surface area contributed by atoms with E-state index in [0.717, 1.165) is 47.4 Å². The SMILES string of the molecule is O=C(CCc1cc(Cl)ccc1Br)N1C2CCNCC1CC2. The zero-order chi connectivity index (χ0) is 14.8. The van der Waals surface area contributed by atoms with Crippen LogP contribution in [0.5, 0.6) is 0 Å². The number of hydrogen-bond acceptors (Lipinski definition) is 2. The molecule has 1 aromatic rings. The summed E-state index contributed by atoms with van der Waals surface area (Å²) < 4.78 is 1.03. The van der Waals surface area contributed by atoms with Gasteiger partial charge in [-0.25, -0.2) is 0 Å². The lowest BCUT2D eigenvalue weighted by molar-refractivity contribution is -0.133. The van der Waals surface area contributed by atoms with Gasteiger partial charge in [-0.05, 0) is 56.0 Å². The van der Waals surface area contributed by atoms with Gasteiger partial charge in [0.25, 0.3) is 0 Å². The third kappa shape index (κ3) is 3.43. The molecule has 114 valence electrons. The molecule has 5 heteroatoms. The summed E-state index contributed by atoms with van der Waals surface area (Å²) in [6.07, 6.45) is 4.70. The normalized spacial score (nSPS) is 25.0. The number of rotatable bonds is 3. The molecule has 2 heterocycles. The molecule has 2 aliphatic heterocycles. The predicted molar refractivity (Wildman–Crippen MR) is 88.6 cm³/mol. The predicted octanol–water partition coefficient (Wildman–Crippen LogP) is 3.39. The minimum Gasteiger partial charge on any atom is -0.335 e. The Hall–Kier alpha value is -0.580. The lowest BCUT2D eigenvalue weighted by Gasteiger charge is -2.28. The van der Waals surface area contributed by atoms with Crippen molar-refractivity contribution in [2.24, 2.45) is 0 Å². The first-order chi connectivity index (χ1) is 10.1. The number of fused-ring (bicyclic) bond motifs is 2. The Morgan fingerprint density at radius 1 is 1.33 bits per heavy atom. The van der Waals surface area contributed by atoms with Gasteiger partial charge in [0.05, 0.1) is 0 Å². The third-order valence-electron chi connectivity index (χ3n) is 4.56. The molecule has 1 aromatic carbocycles. The fraction of sp³-hybridized carbons (Fsp3) is 0.562. The molecule has 2 saturated heterocycles. The maximum Gasteiger partial charge on any atom is 0.223 e. The van der Waals surface area contributed by atoms with Crippen LogP contribution in [0.25, 0.3) is 0 Å². The Morgan fingerprint density at radius 3 is 3.00 bits per heavy atom. The van der Waals surface area contributed by atoms with Gasteiger partial charge in [-0.1, -0.05) is 27.5 Å². The van der Waals surface area contributed by atoms with Crippen molar-refractivity contribution in [3.8, 4) is 0 Å². The van der Waals surface area contributed by atoms with E-state index in [0.29, 0.717) is 18.5 Å².